The zero-order chi connectivity index (χ0) is 15.5. The topological polar surface area (TPSA) is 36.1 Å². The third-order valence-corrected chi connectivity index (χ3v) is 5.45. The molecule has 1 aromatic heterocycles. The number of aromatic nitrogens is 1. The number of H-pyrrole nitrogens is 1. The van der Waals surface area contributed by atoms with Crippen molar-refractivity contribution < 1.29 is 0 Å². The Labute approximate surface area is 136 Å². The van der Waals surface area contributed by atoms with Gasteiger partial charge in [-0.1, -0.05) is 36.3 Å². The van der Waals surface area contributed by atoms with E-state index in [0.29, 0.717) is 0 Å². The summed E-state index contributed by atoms with van der Waals surface area (Å²) in [5.74, 6) is 0. The van der Waals surface area contributed by atoms with Crippen LogP contribution in [0.5, 0.6) is 0 Å². The first-order valence-electron chi connectivity index (χ1n) is 8.15. The minimum Gasteiger partial charge on any atom is -0.312 e. The highest BCUT2D eigenvalue weighted by molar-refractivity contribution is 7.09. The van der Waals surface area contributed by atoms with Crippen LogP contribution in [0, 0.1) is 13.8 Å². The van der Waals surface area contributed by atoms with E-state index in [1.165, 1.54) is 53.0 Å². The molecule has 0 radical (unpaired) electrons. The molecule has 1 N–H and O–H groups in total. The Bertz CT molecular complexity index is 693. The van der Waals surface area contributed by atoms with Gasteiger partial charge in [0.05, 0.1) is 5.69 Å². The number of aromatic amines is 1. The molecular formula is C18H24N2OS. The van der Waals surface area contributed by atoms with Crippen LogP contribution in [0.4, 0.5) is 0 Å². The number of hydrogen-bond acceptors (Lipinski definition) is 3. The van der Waals surface area contributed by atoms with E-state index in [4.69, 9.17) is 0 Å². The summed E-state index contributed by atoms with van der Waals surface area (Å²) in [5.41, 5.74) is 4.70. The van der Waals surface area contributed by atoms with E-state index in [2.05, 4.69) is 41.9 Å². The molecule has 0 saturated carbocycles. The first-order chi connectivity index (χ1) is 10.6. The molecule has 2 heterocycles. The van der Waals surface area contributed by atoms with Crippen molar-refractivity contribution in [1.29, 1.82) is 0 Å². The van der Waals surface area contributed by atoms with Crippen LogP contribution >= 0.6 is 11.3 Å². The van der Waals surface area contributed by atoms with Gasteiger partial charge in [0.1, 0.15) is 0 Å². The van der Waals surface area contributed by atoms with Gasteiger partial charge in [0.2, 0.25) is 0 Å². The van der Waals surface area contributed by atoms with Gasteiger partial charge < -0.3 is 4.98 Å². The molecular weight excluding hydrogens is 292 g/mol. The quantitative estimate of drug-likeness (QED) is 0.925. The normalized spacial score (nSPS) is 16.6. The summed E-state index contributed by atoms with van der Waals surface area (Å²) >= 11 is 1.37. The highest BCUT2D eigenvalue weighted by atomic mass is 32.1. The number of hydrogen-bond donors (Lipinski definition) is 1. The minimum atomic E-state index is 0.0537. The molecule has 0 amide bonds. The van der Waals surface area contributed by atoms with Gasteiger partial charge in [0.15, 0.2) is 0 Å². The lowest BCUT2D eigenvalue weighted by atomic mass is 10.0. The summed E-state index contributed by atoms with van der Waals surface area (Å²) in [6, 6.07) is 6.43. The zero-order valence-corrected chi connectivity index (χ0v) is 14.3. The average Bonchev–Trinajstić information content (AvgIpc) is 2.70. The molecule has 3 rings (SSSR count). The first kappa shape index (κ1) is 15.5. The number of thiazole rings is 1. The third-order valence-electron chi connectivity index (χ3n) is 4.58. The Hall–Kier alpha value is -1.39. The second kappa shape index (κ2) is 6.80. The molecule has 0 spiro atoms. The lowest BCUT2D eigenvalue weighted by Gasteiger charge is -2.19. The van der Waals surface area contributed by atoms with Gasteiger partial charge in [-0.25, -0.2) is 0 Å². The molecule has 1 aromatic carbocycles. The first-order valence-corrected chi connectivity index (χ1v) is 8.97. The van der Waals surface area contributed by atoms with Crippen LogP contribution in [0.3, 0.4) is 0 Å². The number of benzene rings is 1. The zero-order valence-electron chi connectivity index (χ0n) is 13.4. The minimum absolute atomic E-state index is 0.0537. The molecule has 118 valence electrons. The number of nitrogens with one attached hydrogen (secondary N) is 1. The van der Waals surface area contributed by atoms with Gasteiger partial charge in [-0.3, -0.25) is 9.69 Å². The van der Waals surface area contributed by atoms with Gasteiger partial charge >= 0.3 is 4.87 Å². The lowest BCUT2D eigenvalue weighted by Crippen LogP contribution is -2.23. The summed E-state index contributed by atoms with van der Waals surface area (Å²) in [4.78, 5) is 18.7. The molecule has 1 aliphatic rings. The van der Waals surface area contributed by atoms with Crippen molar-refractivity contribution in [1.82, 2.24) is 9.88 Å². The van der Waals surface area contributed by atoms with E-state index >= 15 is 0 Å². The molecule has 3 nitrogen and oxygen atoms in total. The van der Waals surface area contributed by atoms with E-state index in [1.54, 1.807) is 0 Å². The van der Waals surface area contributed by atoms with E-state index in [-0.39, 0.29) is 4.87 Å². The Morgan fingerprint density at radius 2 is 1.82 bits per heavy atom. The third kappa shape index (κ3) is 3.50. The van der Waals surface area contributed by atoms with Crippen LogP contribution in [-0.4, -0.2) is 23.0 Å². The van der Waals surface area contributed by atoms with Crippen LogP contribution in [0.2, 0.25) is 0 Å². The molecule has 4 heteroatoms. The lowest BCUT2D eigenvalue weighted by molar-refractivity contribution is 0.279. The maximum Gasteiger partial charge on any atom is 0.305 e. The van der Waals surface area contributed by atoms with Gasteiger partial charge in [-0.15, -0.1) is 0 Å². The predicted octanol–water partition coefficient (Wildman–Crippen LogP) is 4.10. The van der Waals surface area contributed by atoms with Crippen molar-refractivity contribution in [2.24, 2.45) is 0 Å². The van der Waals surface area contributed by atoms with Crippen LogP contribution in [0.25, 0.3) is 11.3 Å². The Balaban J connectivity index is 1.88. The van der Waals surface area contributed by atoms with Gasteiger partial charge in [0.25, 0.3) is 0 Å². The molecule has 0 atom stereocenters. The molecule has 2 aromatic rings. The molecule has 0 unspecified atom stereocenters. The number of aryl methyl sites for hydroxylation is 2. The van der Waals surface area contributed by atoms with Crippen LogP contribution in [-0.2, 0) is 6.54 Å². The molecule has 0 aliphatic carbocycles. The number of likely N-dealkylation sites (tertiary alicyclic amines) is 1. The maximum atomic E-state index is 11.9. The van der Waals surface area contributed by atoms with Crippen molar-refractivity contribution in [2.45, 2.75) is 46.1 Å². The number of rotatable bonds is 3. The van der Waals surface area contributed by atoms with Crippen molar-refractivity contribution in [3.05, 3.63) is 43.9 Å². The molecule has 0 bridgehead atoms. The van der Waals surface area contributed by atoms with Gasteiger partial charge in [-0.05, 0) is 62.5 Å². The van der Waals surface area contributed by atoms with Crippen molar-refractivity contribution in [3.8, 4) is 11.3 Å². The van der Waals surface area contributed by atoms with E-state index < -0.39 is 0 Å². The summed E-state index contributed by atoms with van der Waals surface area (Å²) in [6.45, 7) is 7.44. The Kier molecular flexibility index (Phi) is 4.79. The van der Waals surface area contributed by atoms with E-state index in [0.717, 1.165) is 30.9 Å². The SMILES string of the molecule is Cc1ccc(-c2[nH]c(=O)sc2CN2CCCCCC2)cc1C. The van der Waals surface area contributed by atoms with Crippen LogP contribution in [0.15, 0.2) is 23.0 Å². The largest absolute Gasteiger partial charge is 0.312 e. The molecule has 1 aliphatic heterocycles. The van der Waals surface area contributed by atoms with Gasteiger partial charge in [0, 0.05) is 11.4 Å². The van der Waals surface area contributed by atoms with Crippen LogP contribution in [0.1, 0.15) is 41.7 Å². The fourth-order valence-corrected chi connectivity index (χ4v) is 3.99. The highest BCUT2D eigenvalue weighted by Gasteiger charge is 2.16. The monoisotopic (exact) mass is 316 g/mol. The van der Waals surface area contributed by atoms with Gasteiger partial charge in [-0.2, -0.15) is 0 Å². The highest BCUT2D eigenvalue weighted by Crippen LogP contribution is 2.27. The van der Waals surface area contributed by atoms with Crippen molar-refractivity contribution in [3.63, 3.8) is 0 Å². The maximum absolute atomic E-state index is 11.9. The number of nitrogens with zero attached hydrogens (tertiary/aromatic N) is 1. The van der Waals surface area contributed by atoms with Crippen LogP contribution < -0.4 is 4.87 Å². The van der Waals surface area contributed by atoms with Crippen molar-refractivity contribution >= 4 is 11.3 Å². The molecule has 1 fully saturated rings. The fraction of sp³-hybridized carbons (Fsp3) is 0.500. The Morgan fingerprint density at radius 1 is 1.09 bits per heavy atom. The summed E-state index contributed by atoms with van der Waals surface area (Å²) in [7, 11) is 0. The Morgan fingerprint density at radius 3 is 2.50 bits per heavy atom. The predicted molar refractivity (Wildman–Crippen MR) is 93.6 cm³/mol. The summed E-state index contributed by atoms with van der Waals surface area (Å²) < 4.78 is 0. The second-order valence-corrected chi connectivity index (χ2v) is 7.37. The molecule has 22 heavy (non-hydrogen) atoms. The summed E-state index contributed by atoms with van der Waals surface area (Å²) in [6.07, 6.45) is 5.23. The van der Waals surface area contributed by atoms with E-state index in [1.807, 2.05) is 0 Å². The fourth-order valence-electron chi connectivity index (χ4n) is 3.10. The summed E-state index contributed by atoms with van der Waals surface area (Å²) in [5, 5.41) is 0. The smallest absolute Gasteiger partial charge is 0.305 e. The average molecular weight is 316 g/mol. The molecule has 1 saturated heterocycles. The standard InChI is InChI=1S/C18H24N2OS/c1-13-7-8-15(11-14(13)2)17-16(22-18(21)19-17)12-20-9-5-3-4-6-10-20/h7-8,11H,3-6,9-10,12H2,1-2H3,(H,19,21). The van der Waals surface area contributed by atoms with Crippen molar-refractivity contribution in [2.75, 3.05) is 13.1 Å². The van der Waals surface area contributed by atoms with E-state index in [9.17, 15) is 4.79 Å². The second-order valence-electron chi connectivity index (χ2n) is 6.30.